The largest absolute Gasteiger partial charge is 0.325 e. The lowest BCUT2D eigenvalue weighted by atomic mass is 10.2. The Morgan fingerprint density at radius 1 is 0.659 bits per heavy atom. The van der Waals surface area contributed by atoms with E-state index in [0.717, 1.165) is 55.2 Å². The summed E-state index contributed by atoms with van der Waals surface area (Å²) in [6.07, 6.45) is 0. The van der Waals surface area contributed by atoms with E-state index < -0.39 is 0 Å². The zero-order valence-corrected chi connectivity index (χ0v) is 26.0. The molecule has 0 saturated heterocycles. The Morgan fingerprint density at radius 2 is 1.16 bits per heavy atom. The third kappa shape index (κ3) is 8.15. The van der Waals surface area contributed by atoms with Crippen molar-refractivity contribution in [3.8, 4) is 0 Å². The normalized spacial score (nSPS) is 11.7. The molecule has 0 aliphatic heterocycles. The van der Waals surface area contributed by atoms with Crippen LogP contribution in [0.15, 0.2) is 100 Å². The molecule has 10 nitrogen and oxygen atoms in total. The standard InChI is InChI=1S/C16H14N6S.C16H16N4S/c1-11(13-7-4-5-12(20-13)9-19-22-17)18-10-16-21-14-6-2-3-8-15(14)23-16;1-11(13-7-4-5-12(9-17)19-13)18-10-16-20-14-6-2-3-8-15(14)21-16/h2-8H,9-10H2,1H3;2-8H,9-10,17H2,1H3. The lowest BCUT2D eigenvalue weighted by Gasteiger charge is -2.02. The molecular formula is C32H30N10S2. The quantitative estimate of drug-likeness (QED) is 0.0763. The molecule has 2 aromatic carbocycles. The van der Waals surface area contributed by atoms with E-state index in [0.29, 0.717) is 19.6 Å². The number of pyridine rings is 2. The first kappa shape index (κ1) is 30.6. The van der Waals surface area contributed by atoms with Crippen LogP contribution >= 0.6 is 22.7 Å². The first-order valence-corrected chi connectivity index (χ1v) is 15.5. The molecule has 0 unspecified atom stereocenters. The van der Waals surface area contributed by atoms with E-state index in [1.807, 2.05) is 86.6 Å². The molecule has 0 aliphatic carbocycles. The molecule has 44 heavy (non-hydrogen) atoms. The van der Waals surface area contributed by atoms with Gasteiger partial charge in [-0.25, -0.2) is 9.97 Å². The second-order valence-electron chi connectivity index (χ2n) is 9.58. The Hall–Kier alpha value is -4.87. The maximum atomic E-state index is 8.38. The second kappa shape index (κ2) is 15.0. The molecule has 0 saturated carbocycles. The highest BCUT2D eigenvalue weighted by Crippen LogP contribution is 2.23. The number of fused-ring (bicyclic) bond motifs is 2. The molecule has 0 amide bonds. The molecular weight excluding hydrogens is 589 g/mol. The number of azide groups is 1. The fourth-order valence-corrected chi connectivity index (χ4v) is 5.96. The number of aromatic nitrogens is 4. The van der Waals surface area contributed by atoms with Gasteiger partial charge in [-0.3, -0.25) is 20.0 Å². The summed E-state index contributed by atoms with van der Waals surface area (Å²) in [5.41, 5.74) is 21.1. The summed E-state index contributed by atoms with van der Waals surface area (Å²) >= 11 is 3.34. The number of thiazole rings is 2. The molecule has 6 rings (SSSR count). The number of hydrogen-bond acceptors (Lipinski definition) is 10. The molecule has 0 atom stereocenters. The summed E-state index contributed by atoms with van der Waals surface area (Å²) in [6, 6.07) is 27.7. The summed E-state index contributed by atoms with van der Waals surface area (Å²) in [5.74, 6) is 0. The van der Waals surface area contributed by atoms with Crippen LogP contribution in [0.25, 0.3) is 30.9 Å². The van der Waals surface area contributed by atoms with Gasteiger partial charge in [-0.2, -0.15) is 0 Å². The van der Waals surface area contributed by atoms with E-state index in [1.165, 1.54) is 9.40 Å². The van der Waals surface area contributed by atoms with E-state index in [2.05, 4.69) is 52.1 Å². The smallest absolute Gasteiger partial charge is 0.115 e. The van der Waals surface area contributed by atoms with Crippen LogP contribution in [-0.4, -0.2) is 31.4 Å². The Balaban J connectivity index is 0.000000175. The lowest BCUT2D eigenvalue weighted by Crippen LogP contribution is -2.05. The predicted octanol–water partition coefficient (Wildman–Crippen LogP) is 7.67. The molecule has 6 aromatic rings. The van der Waals surface area contributed by atoms with Crippen molar-refractivity contribution < 1.29 is 0 Å². The van der Waals surface area contributed by atoms with Crippen molar-refractivity contribution in [2.75, 3.05) is 0 Å². The number of hydrogen-bond donors (Lipinski definition) is 1. The van der Waals surface area contributed by atoms with E-state index >= 15 is 0 Å². The molecule has 4 heterocycles. The van der Waals surface area contributed by atoms with Gasteiger partial charge in [0.15, 0.2) is 0 Å². The first-order valence-electron chi connectivity index (χ1n) is 13.9. The van der Waals surface area contributed by atoms with Crippen molar-refractivity contribution in [2.24, 2.45) is 20.8 Å². The molecule has 0 aliphatic rings. The van der Waals surface area contributed by atoms with Crippen molar-refractivity contribution in [3.63, 3.8) is 0 Å². The number of para-hydroxylation sites is 2. The third-order valence-electron chi connectivity index (χ3n) is 6.44. The van der Waals surface area contributed by atoms with E-state index in [4.69, 9.17) is 11.3 Å². The molecule has 0 bridgehead atoms. The van der Waals surface area contributed by atoms with Gasteiger partial charge in [-0.1, -0.05) is 41.5 Å². The predicted molar refractivity (Wildman–Crippen MR) is 180 cm³/mol. The Kier molecular flexibility index (Phi) is 10.5. The SMILES string of the molecule is CC(=NCc1nc2ccccc2s1)c1cccc(CN)n1.CC(=NCc1nc2ccccc2s1)c1cccc(CN=[N+]=[N-])n1. The fraction of sp³-hybridized carbons (Fsp3) is 0.188. The number of rotatable bonds is 9. The zero-order chi connectivity index (χ0) is 30.7. The van der Waals surface area contributed by atoms with Gasteiger partial charge in [0, 0.05) is 17.2 Å². The lowest BCUT2D eigenvalue weighted by molar-refractivity contribution is 0.967. The van der Waals surface area contributed by atoms with Crippen molar-refractivity contribution in [1.29, 1.82) is 0 Å². The van der Waals surface area contributed by atoms with Crippen molar-refractivity contribution in [1.82, 2.24) is 19.9 Å². The van der Waals surface area contributed by atoms with Crippen LogP contribution in [0.2, 0.25) is 0 Å². The van der Waals surface area contributed by atoms with Crippen LogP contribution in [0.3, 0.4) is 0 Å². The van der Waals surface area contributed by atoms with Crippen LogP contribution in [0.5, 0.6) is 0 Å². The average Bonchev–Trinajstić information content (AvgIpc) is 3.69. The highest BCUT2D eigenvalue weighted by molar-refractivity contribution is 7.18. The minimum atomic E-state index is 0.246. The Bertz CT molecular complexity index is 1920. The molecule has 0 fully saturated rings. The number of nitrogens with two attached hydrogens (primary N) is 1. The average molecular weight is 619 g/mol. The molecule has 4 aromatic heterocycles. The van der Waals surface area contributed by atoms with Gasteiger partial charge in [0.2, 0.25) is 0 Å². The van der Waals surface area contributed by atoms with Gasteiger partial charge in [-0.15, -0.1) is 22.7 Å². The fourth-order valence-electron chi connectivity index (χ4n) is 4.18. The van der Waals surface area contributed by atoms with E-state index in [9.17, 15) is 0 Å². The summed E-state index contributed by atoms with van der Waals surface area (Å²) in [7, 11) is 0. The van der Waals surface area contributed by atoms with Gasteiger partial charge < -0.3 is 5.73 Å². The molecule has 0 spiro atoms. The Morgan fingerprint density at radius 3 is 1.66 bits per heavy atom. The summed E-state index contributed by atoms with van der Waals surface area (Å²) in [4.78, 5) is 30.0. The van der Waals surface area contributed by atoms with Crippen LogP contribution in [0, 0.1) is 0 Å². The molecule has 12 heteroatoms. The minimum Gasteiger partial charge on any atom is -0.325 e. The van der Waals surface area contributed by atoms with Gasteiger partial charge in [0.05, 0.1) is 68.6 Å². The van der Waals surface area contributed by atoms with E-state index in [1.54, 1.807) is 22.7 Å². The van der Waals surface area contributed by atoms with Crippen LogP contribution < -0.4 is 5.73 Å². The van der Waals surface area contributed by atoms with Crippen molar-refractivity contribution in [3.05, 3.63) is 128 Å². The second-order valence-corrected chi connectivity index (χ2v) is 11.8. The first-order chi connectivity index (χ1) is 21.5. The third-order valence-corrected chi connectivity index (χ3v) is 8.48. The number of nitrogens with zero attached hydrogens (tertiary/aromatic N) is 9. The Labute approximate surface area is 262 Å². The van der Waals surface area contributed by atoms with Crippen molar-refractivity contribution >= 4 is 54.5 Å². The van der Waals surface area contributed by atoms with Crippen LogP contribution in [0.1, 0.15) is 46.6 Å². The van der Waals surface area contributed by atoms with Gasteiger partial charge in [0.1, 0.15) is 10.0 Å². The number of benzene rings is 2. The minimum absolute atomic E-state index is 0.246. The molecule has 2 N–H and O–H groups in total. The highest BCUT2D eigenvalue weighted by Gasteiger charge is 2.06. The van der Waals surface area contributed by atoms with Crippen LogP contribution in [-0.2, 0) is 26.2 Å². The maximum absolute atomic E-state index is 8.38. The number of aliphatic imine (C=N–C) groups is 2. The van der Waals surface area contributed by atoms with Crippen LogP contribution in [0.4, 0.5) is 0 Å². The monoisotopic (exact) mass is 618 g/mol. The zero-order valence-electron chi connectivity index (χ0n) is 24.3. The maximum Gasteiger partial charge on any atom is 0.115 e. The topological polar surface area (TPSA) is 151 Å². The van der Waals surface area contributed by atoms with E-state index in [-0.39, 0.29) is 6.54 Å². The summed E-state index contributed by atoms with van der Waals surface area (Å²) in [6.45, 7) is 5.70. The van der Waals surface area contributed by atoms with Crippen molar-refractivity contribution in [2.45, 2.75) is 40.0 Å². The highest BCUT2D eigenvalue weighted by atomic mass is 32.1. The summed E-state index contributed by atoms with van der Waals surface area (Å²) in [5, 5.41) is 5.53. The molecule has 0 radical (unpaired) electrons. The summed E-state index contributed by atoms with van der Waals surface area (Å²) < 4.78 is 2.37. The van der Waals surface area contributed by atoms with Gasteiger partial charge >= 0.3 is 0 Å². The van der Waals surface area contributed by atoms with Gasteiger partial charge in [0.25, 0.3) is 0 Å². The van der Waals surface area contributed by atoms with Gasteiger partial charge in [-0.05, 0) is 67.9 Å². The molecule has 220 valence electrons.